The normalized spacial score (nSPS) is 10.5. The summed E-state index contributed by atoms with van der Waals surface area (Å²) in [5.74, 6) is 0.194. The number of aromatic nitrogens is 2. The zero-order chi connectivity index (χ0) is 11.4. The van der Waals surface area contributed by atoms with E-state index in [0.29, 0.717) is 19.6 Å². The summed E-state index contributed by atoms with van der Waals surface area (Å²) in [6.45, 7) is 1.00. The van der Waals surface area contributed by atoms with Crippen molar-refractivity contribution in [1.82, 2.24) is 9.13 Å². The highest BCUT2D eigenvalue weighted by Crippen LogP contribution is 1.95. The van der Waals surface area contributed by atoms with Crippen molar-refractivity contribution >= 4 is 5.82 Å². The fourth-order valence-electron chi connectivity index (χ4n) is 1.28. The Morgan fingerprint density at radius 3 is 2.73 bits per heavy atom. The Bertz CT molecular complexity index is 447. The maximum atomic E-state index is 11.6. The van der Waals surface area contributed by atoms with Crippen molar-refractivity contribution in [2.24, 2.45) is 7.05 Å². The lowest BCUT2D eigenvalue weighted by Gasteiger charge is -2.09. The molecule has 0 atom stereocenters. The van der Waals surface area contributed by atoms with Crippen LogP contribution in [0.5, 0.6) is 0 Å². The summed E-state index contributed by atoms with van der Waals surface area (Å²) in [5, 5.41) is 0. The average Bonchev–Trinajstić information content (AvgIpc) is 2.20. The molecular formula is C9H15N3O3. The second-order valence-corrected chi connectivity index (χ2v) is 3.25. The molecule has 0 aliphatic rings. The second kappa shape index (κ2) is 4.79. The minimum atomic E-state index is -0.392. The summed E-state index contributed by atoms with van der Waals surface area (Å²) >= 11 is 0. The smallest absolute Gasteiger partial charge is 0.332 e. The van der Waals surface area contributed by atoms with Gasteiger partial charge in [-0.25, -0.2) is 4.79 Å². The van der Waals surface area contributed by atoms with Crippen LogP contribution in [-0.2, 0) is 18.3 Å². The van der Waals surface area contributed by atoms with Crippen molar-refractivity contribution in [3.63, 3.8) is 0 Å². The number of nitrogens with two attached hydrogens (primary N) is 1. The van der Waals surface area contributed by atoms with E-state index in [1.54, 1.807) is 7.11 Å². The third-order valence-electron chi connectivity index (χ3n) is 2.16. The molecule has 0 aromatic carbocycles. The first-order valence-corrected chi connectivity index (χ1v) is 4.63. The lowest BCUT2D eigenvalue weighted by atomic mass is 10.4. The molecule has 2 N–H and O–H groups in total. The van der Waals surface area contributed by atoms with E-state index in [2.05, 4.69) is 0 Å². The first-order chi connectivity index (χ1) is 7.07. The molecule has 0 radical (unpaired) electrons. The number of hydrogen-bond acceptors (Lipinski definition) is 4. The molecule has 0 unspecified atom stereocenters. The van der Waals surface area contributed by atoms with Crippen LogP contribution in [0.15, 0.2) is 15.7 Å². The Balaban J connectivity index is 3.03. The van der Waals surface area contributed by atoms with Crippen LogP contribution in [0.2, 0.25) is 0 Å². The minimum absolute atomic E-state index is 0.194. The van der Waals surface area contributed by atoms with E-state index in [1.807, 2.05) is 0 Å². The van der Waals surface area contributed by atoms with Gasteiger partial charge in [-0.05, 0) is 6.42 Å². The molecule has 1 rings (SSSR count). The molecule has 6 nitrogen and oxygen atoms in total. The largest absolute Gasteiger partial charge is 0.385 e. The summed E-state index contributed by atoms with van der Waals surface area (Å²) in [5.41, 5.74) is 4.80. The Hall–Kier alpha value is -1.56. The number of anilines is 1. The summed E-state index contributed by atoms with van der Waals surface area (Å²) in [6, 6.07) is 1.24. The van der Waals surface area contributed by atoms with Crippen molar-refractivity contribution in [1.29, 1.82) is 0 Å². The SMILES string of the molecule is COCCCn1c(N)cc(=O)n(C)c1=O. The van der Waals surface area contributed by atoms with E-state index >= 15 is 0 Å². The van der Waals surface area contributed by atoms with Gasteiger partial charge in [-0.15, -0.1) is 0 Å². The van der Waals surface area contributed by atoms with E-state index in [0.717, 1.165) is 4.57 Å². The maximum absolute atomic E-state index is 11.6. The van der Waals surface area contributed by atoms with Crippen molar-refractivity contribution in [3.05, 3.63) is 26.9 Å². The Morgan fingerprint density at radius 2 is 2.13 bits per heavy atom. The summed E-state index contributed by atoms with van der Waals surface area (Å²) in [4.78, 5) is 22.8. The zero-order valence-electron chi connectivity index (χ0n) is 8.90. The van der Waals surface area contributed by atoms with Gasteiger partial charge in [0.05, 0.1) is 0 Å². The zero-order valence-corrected chi connectivity index (χ0v) is 8.90. The third-order valence-corrected chi connectivity index (χ3v) is 2.16. The van der Waals surface area contributed by atoms with E-state index in [-0.39, 0.29) is 11.4 Å². The fraction of sp³-hybridized carbons (Fsp3) is 0.556. The number of ether oxygens (including phenoxy) is 1. The molecule has 1 heterocycles. The van der Waals surface area contributed by atoms with Gasteiger partial charge in [0, 0.05) is 33.4 Å². The molecule has 6 heteroatoms. The Morgan fingerprint density at radius 1 is 1.47 bits per heavy atom. The molecule has 0 spiro atoms. The lowest BCUT2D eigenvalue weighted by molar-refractivity contribution is 0.190. The van der Waals surface area contributed by atoms with Crippen molar-refractivity contribution in [2.45, 2.75) is 13.0 Å². The van der Waals surface area contributed by atoms with Gasteiger partial charge in [0.1, 0.15) is 5.82 Å². The van der Waals surface area contributed by atoms with Gasteiger partial charge in [-0.3, -0.25) is 13.9 Å². The van der Waals surface area contributed by atoms with Crippen LogP contribution >= 0.6 is 0 Å². The predicted molar refractivity (Wildman–Crippen MR) is 56.8 cm³/mol. The number of nitrogen functional groups attached to an aromatic ring is 1. The summed E-state index contributed by atoms with van der Waals surface area (Å²) < 4.78 is 7.26. The first kappa shape index (κ1) is 11.5. The Labute approximate surface area is 86.9 Å². The molecule has 0 aliphatic heterocycles. The second-order valence-electron chi connectivity index (χ2n) is 3.25. The Kier molecular flexibility index (Phi) is 3.68. The summed E-state index contributed by atoms with van der Waals surface area (Å²) in [6.07, 6.45) is 0.679. The molecule has 1 aromatic heterocycles. The molecule has 0 saturated heterocycles. The molecule has 0 amide bonds. The van der Waals surface area contributed by atoms with Gasteiger partial charge < -0.3 is 10.5 Å². The lowest BCUT2D eigenvalue weighted by Crippen LogP contribution is -2.38. The topological polar surface area (TPSA) is 79.2 Å². The number of hydrogen-bond donors (Lipinski definition) is 1. The van der Waals surface area contributed by atoms with Crippen molar-refractivity contribution in [3.8, 4) is 0 Å². The van der Waals surface area contributed by atoms with Crippen LogP contribution < -0.4 is 17.0 Å². The highest BCUT2D eigenvalue weighted by atomic mass is 16.5. The van der Waals surface area contributed by atoms with Crippen LogP contribution in [0.1, 0.15) is 6.42 Å². The van der Waals surface area contributed by atoms with E-state index in [9.17, 15) is 9.59 Å². The van der Waals surface area contributed by atoms with Gasteiger partial charge in [-0.2, -0.15) is 0 Å². The quantitative estimate of drug-likeness (QED) is 0.662. The monoisotopic (exact) mass is 213 g/mol. The number of methoxy groups -OCH3 is 1. The molecule has 0 bridgehead atoms. The van der Waals surface area contributed by atoms with Crippen LogP contribution in [0.25, 0.3) is 0 Å². The average molecular weight is 213 g/mol. The predicted octanol–water partition coefficient (Wildman–Crippen LogP) is -0.834. The van der Waals surface area contributed by atoms with Gasteiger partial charge in [0.25, 0.3) is 5.56 Å². The highest BCUT2D eigenvalue weighted by Gasteiger charge is 2.05. The molecule has 1 aromatic rings. The van der Waals surface area contributed by atoms with Crippen LogP contribution in [0.4, 0.5) is 5.82 Å². The van der Waals surface area contributed by atoms with E-state index in [1.165, 1.54) is 17.7 Å². The standard InChI is InChI=1S/C9H15N3O3/c1-11-8(13)6-7(10)12(9(11)14)4-3-5-15-2/h6H,3-5,10H2,1-2H3. The molecule has 0 fully saturated rings. The van der Waals surface area contributed by atoms with Crippen LogP contribution in [0.3, 0.4) is 0 Å². The number of nitrogens with zero attached hydrogens (tertiary/aromatic N) is 2. The van der Waals surface area contributed by atoms with E-state index in [4.69, 9.17) is 10.5 Å². The fourth-order valence-corrected chi connectivity index (χ4v) is 1.28. The molecule has 0 aliphatic carbocycles. The van der Waals surface area contributed by atoms with Gasteiger partial charge in [0.2, 0.25) is 0 Å². The van der Waals surface area contributed by atoms with Gasteiger partial charge >= 0.3 is 5.69 Å². The van der Waals surface area contributed by atoms with E-state index < -0.39 is 5.69 Å². The van der Waals surface area contributed by atoms with Gasteiger partial charge in [-0.1, -0.05) is 0 Å². The maximum Gasteiger partial charge on any atom is 0.332 e. The number of rotatable bonds is 4. The molecule has 0 saturated carbocycles. The molecule has 15 heavy (non-hydrogen) atoms. The summed E-state index contributed by atoms with van der Waals surface area (Å²) in [7, 11) is 3.02. The van der Waals surface area contributed by atoms with Gasteiger partial charge in [0.15, 0.2) is 0 Å². The third kappa shape index (κ3) is 2.47. The highest BCUT2D eigenvalue weighted by molar-refractivity contribution is 5.26. The van der Waals surface area contributed by atoms with Crippen molar-refractivity contribution in [2.75, 3.05) is 19.5 Å². The first-order valence-electron chi connectivity index (χ1n) is 4.63. The molecule has 84 valence electrons. The molecular weight excluding hydrogens is 198 g/mol. The van der Waals surface area contributed by atoms with Crippen LogP contribution in [-0.4, -0.2) is 22.9 Å². The van der Waals surface area contributed by atoms with Crippen LogP contribution in [0, 0.1) is 0 Å². The van der Waals surface area contributed by atoms with Crippen molar-refractivity contribution < 1.29 is 4.74 Å². The minimum Gasteiger partial charge on any atom is -0.385 e.